The fourth-order valence-electron chi connectivity index (χ4n) is 2.50. The Morgan fingerprint density at radius 2 is 1.83 bits per heavy atom. The highest BCUT2D eigenvalue weighted by Gasteiger charge is 2.16. The minimum Gasteiger partial charge on any atom is -0.481 e. The number of amides is 1. The van der Waals surface area contributed by atoms with E-state index in [1.54, 1.807) is 38.1 Å². The fourth-order valence-corrected chi connectivity index (χ4v) is 2.50. The van der Waals surface area contributed by atoms with E-state index in [1.165, 1.54) is 24.4 Å². The van der Waals surface area contributed by atoms with Crippen molar-refractivity contribution in [1.29, 1.82) is 0 Å². The minimum atomic E-state index is -0.807. The van der Waals surface area contributed by atoms with Crippen molar-refractivity contribution < 1.29 is 28.2 Å². The Bertz CT molecular complexity index is 1040. The molecule has 0 saturated carbocycles. The van der Waals surface area contributed by atoms with Gasteiger partial charge in [0.05, 0.1) is 23.8 Å². The van der Waals surface area contributed by atoms with E-state index >= 15 is 0 Å². The van der Waals surface area contributed by atoms with Gasteiger partial charge in [-0.3, -0.25) is 9.59 Å². The molecular weight excluding hydrogens is 393 g/mol. The molecular formula is C21H20FN3O5. The van der Waals surface area contributed by atoms with Crippen molar-refractivity contribution in [2.24, 2.45) is 0 Å². The molecule has 0 fully saturated rings. The first-order chi connectivity index (χ1) is 14.4. The zero-order valence-corrected chi connectivity index (χ0v) is 16.4. The van der Waals surface area contributed by atoms with Gasteiger partial charge in [-0.2, -0.15) is 0 Å². The number of hydrogen-bond donors (Lipinski definition) is 1. The van der Waals surface area contributed by atoms with E-state index in [0.717, 1.165) is 0 Å². The van der Waals surface area contributed by atoms with E-state index in [9.17, 15) is 14.0 Å². The van der Waals surface area contributed by atoms with Crippen molar-refractivity contribution in [1.82, 2.24) is 15.3 Å². The van der Waals surface area contributed by atoms with E-state index < -0.39 is 18.0 Å². The summed E-state index contributed by atoms with van der Waals surface area (Å²) in [5.74, 6) is -0.147. The van der Waals surface area contributed by atoms with Gasteiger partial charge in [0.15, 0.2) is 6.10 Å². The van der Waals surface area contributed by atoms with Crippen LogP contribution < -0.4 is 14.8 Å². The second-order valence-corrected chi connectivity index (χ2v) is 6.20. The summed E-state index contributed by atoms with van der Waals surface area (Å²) >= 11 is 0. The summed E-state index contributed by atoms with van der Waals surface area (Å²) in [6.45, 7) is 3.29. The van der Waals surface area contributed by atoms with Gasteiger partial charge in [-0.05, 0) is 50.2 Å². The number of hydrogen-bond acceptors (Lipinski definition) is 7. The van der Waals surface area contributed by atoms with Crippen LogP contribution in [-0.4, -0.2) is 41.1 Å². The Morgan fingerprint density at radius 1 is 1.10 bits per heavy atom. The van der Waals surface area contributed by atoms with E-state index in [2.05, 4.69) is 15.3 Å². The summed E-state index contributed by atoms with van der Waals surface area (Å²) in [6.07, 6.45) is 0.597. The second-order valence-electron chi connectivity index (χ2n) is 6.20. The molecule has 3 rings (SSSR count). The maximum Gasteiger partial charge on any atom is 0.325 e. The lowest BCUT2D eigenvalue weighted by Gasteiger charge is -2.14. The Kier molecular flexibility index (Phi) is 6.74. The number of rotatable bonds is 8. The predicted octanol–water partition coefficient (Wildman–Crippen LogP) is 3.01. The molecule has 156 valence electrons. The van der Waals surface area contributed by atoms with Crippen LogP contribution in [0, 0.1) is 5.82 Å². The van der Waals surface area contributed by atoms with E-state index in [-0.39, 0.29) is 24.8 Å². The van der Waals surface area contributed by atoms with Crippen molar-refractivity contribution in [3.05, 3.63) is 54.5 Å². The van der Waals surface area contributed by atoms with E-state index in [4.69, 9.17) is 14.2 Å². The summed E-state index contributed by atoms with van der Waals surface area (Å²) in [5, 5.41) is 2.45. The number of carbonyl (C=O) groups excluding carboxylic acids is 2. The first-order valence-electron chi connectivity index (χ1n) is 9.25. The summed E-state index contributed by atoms with van der Waals surface area (Å²) in [4.78, 5) is 31.7. The predicted molar refractivity (Wildman–Crippen MR) is 106 cm³/mol. The molecule has 1 unspecified atom stereocenters. The zero-order chi connectivity index (χ0) is 21.5. The van der Waals surface area contributed by atoms with Crippen molar-refractivity contribution in [3.63, 3.8) is 0 Å². The van der Waals surface area contributed by atoms with Gasteiger partial charge < -0.3 is 19.5 Å². The number of nitrogens with one attached hydrogen (secondary N) is 1. The number of esters is 1. The molecule has 1 atom stereocenters. The highest BCUT2D eigenvalue weighted by molar-refractivity contribution is 5.84. The molecule has 0 spiro atoms. The van der Waals surface area contributed by atoms with Crippen LogP contribution in [0.25, 0.3) is 11.0 Å². The third-order valence-corrected chi connectivity index (χ3v) is 3.92. The van der Waals surface area contributed by atoms with Gasteiger partial charge >= 0.3 is 5.97 Å². The Balaban J connectivity index is 1.56. The summed E-state index contributed by atoms with van der Waals surface area (Å²) < 4.78 is 29.2. The molecule has 1 amide bonds. The van der Waals surface area contributed by atoms with Crippen LogP contribution in [0.2, 0.25) is 0 Å². The highest BCUT2D eigenvalue weighted by atomic mass is 19.1. The van der Waals surface area contributed by atoms with E-state index in [1.807, 2.05) is 0 Å². The molecule has 0 radical (unpaired) electrons. The SMILES string of the molecule is CCOC(=O)CNC(=O)C(C)Oc1ccc(Oc2cnc3cc(F)ccc3n2)cc1. The normalized spacial score (nSPS) is 11.6. The lowest BCUT2D eigenvalue weighted by atomic mass is 10.3. The van der Waals surface area contributed by atoms with Gasteiger partial charge in [0.1, 0.15) is 23.9 Å². The van der Waals surface area contributed by atoms with Crippen molar-refractivity contribution in [3.8, 4) is 17.4 Å². The molecule has 0 aliphatic heterocycles. The Labute approximate surface area is 172 Å². The first kappa shape index (κ1) is 21.0. The van der Waals surface area contributed by atoms with Crippen LogP contribution in [0.4, 0.5) is 4.39 Å². The second kappa shape index (κ2) is 9.64. The molecule has 0 aliphatic rings. The number of fused-ring (bicyclic) bond motifs is 1. The summed E-state index contributed by atoms with van der Waals surface area (Å²) in [7, 11) is 0. The third-order valence-electron chi connectivity index (χ3n) is 3.92. The van der Waals surface area contributed by atoms with Gasteiger partial charge in [-0.15, -0.1) is 0 Å². The maximum absolute atomic E-state index is 13.2. The number of benzene rings is 2. The molecule has 0 aliphatic carbocycles. The van der Waals surface area contributed by atoms with Crippen LogP contribution in [-0.2, 0) is 14.3 Å². The molecule has 30 heavy (non-hydrogen) atoms. The van der Waals surface area contributed by atoms with Crippen LogP contribution in [0.5, 0.6) is 17.4 Å². The molecule has 2 aromatic carbocycles. The van der Waals surface area contributed by atoms with Gasteiger partial charge in [0, 0.05) is 6.07 Å². The molecule has 1 aromatic heterocycles. The minimum absolute atomic E-state index is 0.216. The average Bonchev–Trinajstić information content (AvgIpc) is 2.73. The monoisotopic (exact) mass is 413 g/mol. The van der Waals surface area contributed by atoms with Crippen molar-refractivity contribution in [2.75, 3.05) is 13.2 Å². The van der Waals surface area contributed by atoms with Crippen LogP contribution in [0.1, 0.15) is 13.8 Å². The van der Waals surface area contributed by atoms with E-state index in [0.29, 0.717) is 22.5 Å². The molecule has 9 heteroatoms. The van der Waals surface area contributed by atoms with Gasteiger partial charge in [0.2, 0.25) is 5.88 Å². The third kappa shape index (κ3) is 5.63. The number of ether oxygens (including phenoxy) is 3. The largest absolute Gasteiger partial charge is 0.481 e. The smallest absolute Gasteiger partial charge is 0.325 e. The van der Waals surface area contributed by atoms with Gasteiger partial charge in [-0.1, -0.05) is 0 Å². The molecule has 0 bridgehead atoms. The first-order valence-corrected chi connectivity index (χ1v) is 9.25. The number of carbonyl (C=O) groups is 2. The van der Waals surface area contributed by atoms with Crippen molar-refractivity contribution in [2.45, 2.75) is 20.0 Å². The zero-order valence-electron chi connectivity index (χ0n) is 16.4. The number of halogens is 1. The number of aromatic nitrogens is 2. The topological polar surface area (TPSA) is 99.6 Å². The molecule has 3 aromatic rings. The lowest BCUT2D eigenvalue weighted by Crippen LogP contribution is -2.39. The van der Waals surface area contributed by atoms with Crippen LogP contribution in [0.3, 0.4) is 0 Å². The molecule has 1 N–H and O–H groups in total. The van der Waals surface area contributed by atoms with Gasteiger partial charge in [0.25, 0.3) is 5.91 Å². The molecule has 0 saturated heterocycles. The van der Waals surface area contributed by atoms with Crippen LogP contribution in [0.15, 0.2) is 48.7 Å². The Morgan fingerprint density at radius 3 is 2.57 bits per heavy atom. The molecule has 8 nitrogen and oxygen atoms in total. The quantitative estimate of drug-likeness (QED) is 0.567. The van der Waals surface area contributed by atoms with Crippen molar-refractivity contribution >= 4 is 22.9 Å². The lowest BCUT2D eigenvalue weighted by molar-refractivity contribution is -0.144. The maximum atomic E-state index is 13.2. The summed E-state index contributed by atoms with van der Waals surface area (Å²) in [6, 6.07) is 10.7. The molecule has 1 heterocycles. The summed E-state index contributed by atoms with van der Waals surface area (Å²) in [5.41, 5.74) is 0.942. The highest BCUT2D eigenvalue weighted by Crippen LogP contribution is 2.24. The Hall–Kier alpha value is -3.75. The van der Waals surface area contributed by atoms with Crippen LogP contribution >= 0.6 is 0 Å². The fraction of sp³-hybridized carbons (Fsp3) is 0.238. The van der Waals surface area contributed by atoms with Gasteiger partial charge in [-0.25, -0.2) is 14.4 Å². The standard InChI is InChI=1S/C21H20FN3O5/c1-3-28-20(26)12-24-21(27)13(2)29-15-5-7-16(8-6-15)30-19-11-23-18-10-14(22)4-9-17(18)25-19/h4-11,13H,3,12H2,1-2H3,(H,24,27). The average molecular weight is 413 g/mol. The number of nitrogens with zero attached hydrogens (tertiary/aromatic N) is 2.